The molecule has 0 heterocycles. The highest BCUT2D eigenvalue weighted by Gasteiger charge is 2.12. The van der Waals surface area contributed by atoms with Gasteiger partial charge >= 0.3 is 0 Å². The van der Waals surface area contributed by atoms with Crippen molar-refractivity contribution in [2.75, 3.05) is 13.6 Å². The third kappa shape index (κ3) is 3.95. The SMILES string of the molecule is CNCC(Cc1ccc(F)c(Cl)c1)c1ccc(Cl)cc1. The molecule has 0 saturated heterocycles. The van der Waals surface area contributed by atoms with Crippen molar-refractivity contribution in [1.82, 2.24) is 5.32 Å². The molecule has 0 aliphatic carbocycles. The maximum atomic E-state index is 13.2. The summed E-state index contributed by atoms with van der Waals surface area (Å²) in [6.07, 6.45) is 0.794. The molecule has 106 valence electrons. The lowest BCUT2D eigenvalue weighted by Gasteiger charge is -2.17. The lowest BCUT2D eigenvalue weighted by molar-refractivity contribution is 0.616. The van der Waals surface area contributed by atoms with Crippen LogP contribution in [0, 0.1) is 5.82 Å². The Morgan fingerprint density at radius 2 is 1.80 bits per heavy atom. The van der Waals surface area contributed by atoms with Gasteiger partial charge in [-0.2, -0.15) is 0 Å². The minimum atomic E-state index is -0.382. The molecule has 1 N–H and O–H groups in total. The largest absolute Gasteiger partial charge is 0.319 e. The Morgan fingerprint density at radius 3 is 2.40 bits per heavy atom. The lowest BCUT2D eigenvalue weighted by atomic mass is 9.92. The molecule has 1 atom stereocenters. The molecule has 1 unspecified atom stereocenters. The molecule has 0 aromatic heterocycles. The van der Waals surface area contributed by atoms with Crippen LogP contribution in [0.15, 0.2) is 42.5 Å². The average Bonchev–Trinajstić information content (AvgIpc) is 2.43. The molecule has 0 amide bonds. The van der Waals surface area contributed by atoms with Gasteiger partial charge in [-0.3, -0.25) is 0 Å². The number of halogens is 3. The van der Waals surface area contributed by atoms with E-state index in [-0.39, 0.29) is 10.8 Å². The van der Waals surface area contributed by atoms with Crippen molar-refractivity contribution in [3.63, 3.8) is 0 Å². The minimum absolute atomic E-state index is 0.168. The summed E-state index contributed by atoms with van der Waals surface area (Å²) in [5.41, 5.74) is 2.22. The summed E-state index contributed by atoms with van der Waals surface area (Å²) in [4.78, 5) is 0. The van der Waals surface area contributed by atoms with E-state index in [4.69, 9.17) is 23.2 Å². The quantitative estimate of drug-likeness (QED) is 0.845. The first-order chi connectivity index (χ1) is 9.60. The molecule has 0 radical (unpaired) electrons. The summed E-state index contributed by atoms with van der Waals surface area (Å²) >= 11 is 11.8. The van der Waals surface area contributed by atoms with E-state index in [0.717, 1.165) is 23.6 Å². The lowest BCUT2D eigenvalue weighted by Crippen LogP contribution is -2.19. The first-order valence-corrected chi connectivity index (χ1v) is 7.19. The molecule has 0 bridgehead atoms. The van der Waals surface area contributed by atoms with Gasteiger partial charge in [-0.1, -0.05) is 41.4 Å². The Morgan fingerprint density at radius 1 is 1.10 bits per heavy atom. The number of hydrogen-bond acceptors (Lipinski definition) is 1. The zero-order chi connectivity index (χ0) is 14.5. The molecular formula is C16H16Cl2FN. The third-order valence-electron chi connectivity index (χ3n) is 3.26. The van der Waals surface area contributed by atoms with Crippen LogP contribution >= 0.6 is 23.2 Å². The predicted molar refractivity (Wildman–Crippen MR) is 83.2 cm³/mol. The molecule has 1 nitrogen and oxygen atoms in total. The number of likely N-dealkylation sites (N-methyl/N-ethyl adjacent to an activating group) is 1. The standard InChI is InChI=1S/C16H16Cl2FN/c1-20-10-13(12-3-5-14(17)6-4-12)8-11-2-7-16(19)15(18)9-11/h2-7,9,13,20H,8,10H2,1H3. The fraction of sp³-hybridized carbons (Fsp3) is 0.250. The molecule has 2 aromatic carbocycles. The van der Waals surface area contributed by atoms with Crippen molar-refractivity contribution in [1.29, 1.82) is 0 Å². The van der Waals surface area contributed by atoms with Crippen molar-refractivity contribution in [3.05, 3.63) is 69.5 Å². The fourth-order valence-electron chi connectivity index (χ4n) is 2.24. The Hall–Kier alpha value is -1.09. The van der Waals surface area contributed by atoms with Crippen molar-refractivity contribution in [2.24, 2.45) is 0 Å². The maximum absolute atomic E-state index is 13.2. The van der Waals surface area contributed by atoms with Crippen LogP contribution in [0.25, 0.3) is 0 Å². The zero-order valence-electron chi connectivity index (χ0n) is 11.2. The average molecular weight is 312 g/mol. The molecule has 4 heteroatoms. The van der Waals surface area contributed by atoms with E-state index < -0.39 is 0 Å². The van der Waals surface area contributed by atoms with Gasteiger partial charge in [-0.05, 0) is 48.9 Å². The van der Waals surface area contributed by atoms with E-state index in [2.05, 4.69) is 5.32 Å². The zero-order valence-corrected chi connectivity index (χ0v) is 12.7. The first kappa shape index (κ1) is 15.3. The van der Waals surface area contributed by atoms with Gasteiger partial charge in [0.2, 0.25) is 0 Å². The van der Waals surface area contributed by atoms with E-state index in [9.17, 15) is 4.39 Å². The van der Waals surface area contributed by atoms with Crippen molar-refractivity contribution >= 4 is 23.2 Å². The van der Waals surface area contributed by atoms with Gasteiger partial charge < -0.3 is 5.32 Å². The molecule has 0 spiro atoms. The van der Waals surface area contributed by atoms with Gasteiger partial charge in [0.1, 0.15) is 5.82 Å². The van der Waals surface area contributed by atoms with Crippen molar-refractivity contribution < 1.29 is 4.39 Å². The Balaban J connectivity index is 2.20. The first-order valence-electron chi connectivity index (χ1n) is 6.44. The summed E-state index contributed by atoms with van der Waals surface area (Å²) < 4.78 is 13.2. The summed E-state index contributed by atoms with van der Waals surface area (Å²) in [5.74, 6) is -0.0918. The van der Waals surface area contributed by atoms with Crippen LogP contribution in [0.1, 0.15) is 17.0 Å². The van der Waals surface area contributed by atoms with Crippen LogP contribution in [0.5, 0.6) is 0 Å². The van der Waals surface area contributed by atoms with E-state index in [0.29, 0.717) is 5.92 Å². The third-order valence-corrected chi connectivity index (χ3v) is 3.80. The van der Waals surface area contributed by atoms with Gasteiger partial charge in [0, 0.05) is 17.5 Å². The summed E-state index contributed by atoms with van der Waals surface area (Å²) in [6, 6.07) is 12.7. The van der Waals surface area contributed by atoms with E-state index >= 15 is 0 Å². The predicted octanol–water partition coefficient (Wildman–Crippen LogP) is 4.68. The number of nitrogens with one attached hydrogen (secondary N) is 1. The molecule has 0 aliphatic rings. The van der Waals surface area contributed by atoms with Gasteiger partial charge in [-0.25, -0.2) is 4.39 Å². The Bertz CT molecular complexity index is 569. The topological polar surface area (TPSA) is 12.0 Å². The second-order valence-corrected chi connectivity index (χ2v) is 5.60. The van der Waals surface area contributed by atoms with Crippen LogP contribution in [0.3, 0.4) is 0 Å². The van der Waals surface area contributed by atoms with Crippen LogP contribution in [0.4, 0.5) is 4.39 Å². The summed E-state index contributed by atoms with van der Waals surface area (Å²) in [7, 11) is 1.92. The Labute approximate surface area is 128 Å². The normalized spacial score (nSPS) is 12.4. The monoisotopic (exact) mass is 311 g/mol. The van der Waals surface area contributed by atoms with Gasteiger partial charge in [-0.15, -0.1) is 0 Å². The highest BCUT2D eigenvalue weighted by molar-refractivity contribution is 6.31. The highest BCUT2D eigenvalue weighted by Crippen LogP contribution is 2.24. The number of rotatable bonds is 5. The molecule has 20 heavy (non-hydrogen) atoms. The summed E-state index contributed by atoms with van der Waals surface area (Å²) in [6.45, 7) is 0.830. The smallest absolute Gasteiger partial charge is 0.141 e. The second-order valence-electron chi connectivity index (χ2n) is 4.76. The van der Waals surface area contributed by atoms with Crippen LogP contribution in [-0.4, -0.2) is 13.6 Å². The van der Waals surface area contributed by atoms with Crippen molar-refractivity contribution in [2.45, 2.75) is 12.3 Å². The molecule has 0 saturated carbocycles. The fourth-order valence-corrected chi connectivity index (χ4v) is 2.57. The van der Waals surface area contributed by atoms with E-state index in [1.54, 1.807) is 12.1 Å². The maximum Gasteiger partial charge on any atom is 0.141 e. The van der Waals surface area contributed by atoms with E-state index in [1.165, 1.54) is 11.6 Å². The summed E-state index contributed by atoms with van der Waals surface area (Å²) in [5, 5.41) is 4.08. The number of benzene rings is 2. The molecule has 2 aromatic rings. The van der Waals surface area contributed by atoms with Gasteiger partial charge in [0.25, 0.3) is 0 Å². The molecular weight excluding hydrogens is 296 g/mol. The van der Waals surface area contributed by atoms with Crippen LogP contribution in [-0.2, 0) is 6.42 Å². The van der Waals surface area contributed by atoms with Crippen LogP contribution in [0.2, 0.25) is 10.0 Å². The second kappa shape index (κ2) is 7.07. The minimum Gasteiger partial charge on any atom is -0.319 e. The van der Waals surface area contributed by atoms with Crippen LogP contribution < -0.4 is 5.32 Å². The molecule has 0 fully saturated rings. The van der Waals surface area contributed by atoms with Crippen molar-refractivity contribution in [3.8, 4) is 0 Å². The van der Waals surface area contributed by atoms with E-state index in [1.807, 2.05) is 31.3 Å². The highest BCUT2D eigenvalue weighted by atomic mass is 35.5. The van der Waals surface area contributed by atoms with Gasteiger partial charge in [0.05, 0.1) is 5.02 Å². The Kier molecular flexibility index (Phi) is 5.41. The van der Waals surface area contributed by atoms with Gasteiger partial charge in [0.15, 0.2) is 0 Å². The number of hydrogen-bond donors (Lipinski definition) is 1. The molecule has 0 aliphatic heterocycles. The molecule has 2 rings (SSSR count).